The molecule has 1 aromatic rings. The first-order valence-electron chi connectivity index (χ1n) is 9.21. The van der Waals surface area contributed by atoms with E-state index >= 15 is 0 Å². The second-order valence-corrected chi connectivity index (χ2v) is 7.05. The fraction of sp³-hybridized carbons (Fsp3) is 0.550. The summed E-state index contributed by atoms with van der Waals surface area (Å²) in [4.78, 5) is 37.8. The van der Waals surface area contributed by atoms with Gasteiger partial charge in [0.1, 0.15) is 0 Å². The van der Waals surface area contributed by atoms with Crippen molar-refractivity contribution < 1.29 is 19.5 Å². The van der Waals surface area contributed by atoms with Gasteiger partial charge in [0.2, 0.25) is 11.8 Å². The molecule has 2 amide bonds. The van der Waals surface area contributed by atoms with Crippen LogP contribution in [0.3, 0.4) is 0 Å². The molecular formula is C20H28N2O4. The van der Waals surface area contributed by atoms with E-state index in [9.17, 15) is 14.4 Å². The highest BCUT2D eigenvalue weighted by Crippen LogP contribution is 2.30. The van der Waals surface area contributed by atoms with E-state index in [1.807, 2.05) is 39.0 Å². The first kappa shape index (κ1) is 19.9. The van der Waals surface area contributed by atoms with Gasteiger partial charge < -0.3 is 15.3 Å². The monoisotopic (exact) mass is 360 g/mol. The molecule has 1 aliphatic rings. The number of aliphatic carboxylic acids is 1. The molecule has 6 nitrogen and oxygen atoms in total. The van der Waals surface area contributed by atoms with Crippen molar-refractivity contribution in [3.63, 3.8) is 0 Å². The average molecular weight is 360 g/mol. The molecule has 1 fully saturated rings. The van der Waals surface area contributed by atoms with Crippen LogP contribution in [-0.4, -0.2) is 40.9 Å². The van der Waals surface area contributed by atoms with E-state index in [4.69, 9.17) is 5.11 Å². The van der Waals surface area contributed by atoms with Gasteiger partial charge in [0.15, 0.2) is 0 Å². The van der Waals surface area contributed by atoms with Crippen LogP contribution in [0.2, 0.25) is 0 Å². The summed E-state index contributed by atoms with van der Waals surface area (Å²) in [6.07, 6.45) is 2.20. The van der Waals surface area contributed by atoms with Crippen LogP contribution in [0.4, 0.5) is 5.69 Å². The molecule has 0 aromatic heterocycles. The van der Waals surface area contributed by atoms with E-state index < -0.39 is 5.97 Å². The standard InChI is InChI=1S/C20H28N2O4/c1-4-22(19(24)15-8-10-16(11-9-15)20(25)26)12-17(23)21-18-13(2)6-5-7-14(18)3/h5-7,15-16H,4,8-12H2,1-3H3,(H,21,23)(H,25,26). The van der Waals surface area contributed by atoms with Crippen LogP contribution in [0.5, 0.6) is 0 Å². The minimum Gasteiger partial charge on any atom is -0.481 e. The number of hydrogen-bond donors (Lipinski definition) is 2. The van der Waals surface area contributed by atoms with Gasteiger partial charge in [-0.3, -0.25) is 14.4 Å². The summed E-state index contributed by atoms with van der Waals surface area (Å²) in [6, 6.07) is 5.81. The molecule has 1 saturated carbocycles. The van der Waals surface area contributed by atoms with Gasteiger partial charge >= 0.3 is 5.97 Å². The number of nitrogens with zero attached hydrogens (tertiary/aromatic N) is 1. The van der Waals surface area contributed by atoms with Crippen molar-refractivity contribution in [1.82, 2.24) is 4.90 Å². The molecule has 0 saturated heterocycles. The Labute approximate surface area is 154 Å². The first-order valence-corrected chi connectivity index (χ1v) is 9.21. The van der Waals surface area contributed by atoms with Crippen molar-refractivity contribution in [3.8, 4) is 0 Å². The smallest absolute Gasteiger partial charge is 0.306 e. The van der Waals surface area contributed by atoms with Crippen LogP contribution in [0.1, 0.15) is 43.7 Å². The molecule has 142 valence electrons. The zero-order valence-electron chi connectivity index (χ0n) is 15.7. The number of likely N-dealkylation sites (N-methyl/N-ethyl adjacent to an activating group) is 1. The molecule has 0 atom stereocenters. The predicted molar refractivity (Wildman–Crippen MR) is 99.9 cm³/mol. The number of aryl methyl sites for hydroxylation is 2. The van der Waals surface area contributed by atoms with Gasteiger partial charge in [-0.1, -0.05) is 18.2 Å². The summed E-state index contributed by atoms with van der Waals surface area (Å²) in [5, 5.41) is 12.0. The van der Waals surface area contributed by atoms with Gasteiger partial charge in [-0.25, -0.2) is 0 Å². The zero-order valence-corrected chi connectivity index (χ0v) is 15.7. The molecule has 2 N–H and O–H groups in total. The number of carbonyl (C=O) groups excluding carboxylic acids is 2. The second kappa shape index (κ2) is 8.83. The quantitative estimate of drug-likeness (QED) is 0.816. The Morgan fingerprint density at radius 1 is 1.08 bits per heavy atom. The van der Waals surface area contributed by atoms with E-state index in [1.165, 1.54) is 0 Å². The van der Waals surface area contributed by atoms with Gasteiger partial charge in [0, 0.05) is 18.2 Å². The zero-order chi connectivity index (χ0) is 19.3. The van der Waals surface area contributed by atoms with Crippen molar-refractivity contribution in [1.29, 1.82) is 0 Å². The Morgan fingerprint density at radius 3 is 2.12 bits per heavy atom. The predicted octanol–water partition coefficient (Wildman–Crippen LogP) is 2.98. The third-order valence-corrected chi connectivity index (χ3v) is 5.20. The molecule has 0 aliphatic heterocycles. The molecule has 1 aromatic carbocycles. The van der Waals surface area contributed by atoms with Crippen molar-refractivity contribution in [2.45, 2.75) is 46.5 Å². The number of carbonyl (C=O) groups is 3. The lowest BCUT2D eigenvalue weighted by Gasteiger charge is -2.30. The minimum absolute atomic E-state index is 0.0158. The lowest BCUT2D eigenvalue weighted by Crippen LogP contribution is -2.42. The molecule has 6 heteroatoms. The molecule has 1 aliphatic carbocycles. The van der Waals surface area contributed by atoms with E-state index in [1.54, 1.807) is 4.90 Å². The number of rotatable bonds is 6. The molecule has 0 radical (unpaired) electrons. The third kappa shape index (κ3) is 4.84. The molecule has 2 rings (SSSR count). The van der Waals surface area contributed by atoms with Crippen molar-refractivity contribution >= 4 is 23.5 Å². The number of carboxylic acids is 1. The summed E-state index contributed by atoms with van der Waals surface area (Å²) >= 11 is 0. The lowest BCUT2D eigenvalue weighted by molar-refractivity contribution is -0.146. The summed E-state index contributed by atoms with van der Waals surface area (Å²) in [5.41, 5.74) is 2.77. The maximum atomic E-state index is 12.7. The third-order valence-electron chi connectivity index (χ3n) is 5.20. The van der Waals surface area contributed by atoms with E-state index in [-0.39, 0.29) is 30.2 Å². The van der Waals surface area contributed by atoms with Gasteiger partial charge in [-0.05, 0) is 57.6 Å². The number of amides is 2. The molecule has 26 heavy (non-hydrogen) atoms. The minimum atomic E-state index is -0.781. The topological polar surface area (TPSA) is 86.7 Å². The van der Waals surface area contributed by atoms with Gasteiger partial charge in [0.25, 0.3) is 0 Å². The Balaban J connectivity index is 1.95. The number of para-hydroxylation sites is 1. The van der Waals surface area contributed by atoms with Crippen LogP contribution in [0, 0.1) is 25.7 Å². The largest absolute Gasteiger partial charge is 0.481 e. The SMILES string of the molecule is CCN(CC(=O)Nc1c(C)cccc1C)C(=O)C1CCC(C(=O)O)CC1. The maximum Gasteiger partial charge on any atom is 0.306 e. The Morgan fingerprint density at radius 2 is 1.62 bits per heavy atom. The average Bonchev–Trinajstić information content (AvgIpc) is 2.62. The summed E-state index contributed by atoms with van der Waals surface area (Å²) in [6.45, 7) is 6.20. The van der Waals surface area contributed by atoms with Gasteiger partial charge in [-0.15, -0.1) is 0 Å². The van der Waals surface area contributed by atoms with E-state index in [0.717, 1.165) is 16.8 Å². The second-order valence-electron chi connectivity index (χ2n) is 7.05. The Bertz CT molecular complexity index is 658. The highest BCUT2D eigenvalue weighted by Gasteiger charge is 2.32. The van der Waals surface area contributed by atoms with Crippen molar-refractivity contribution in [2.24, 2.45) is 11.8 Å². The summed E-state index contributed by atoms with van der Waals surface area (Å²) in [7, 11) is 0. The molecule has 0 unspecified atom stereocenters. The van der Waals surface area contributed by atoms with Crippen molar-refractivity contribution in [3.05, 3.63) is 29.3 Å². The fourth-order valence-corrected chi connectivity index (χ4v) is 3.55. The Kier molecular flexibility index (Phi) is 6.77. The van der Waals surface area contributed by atoms with Crippen LogP contribution in [0.25, 0.3) is 0 Å². The number of benzene rings is 1. The highest BCUT2D eigenvalue weighted by atomic mass is 16.4. The van der Waals surface area contributed by atoms with Crippen LogP contribution < -0.4 is 5.32 Å². The van der Waals surface area contributed by atoms with E-state index in [0.29, 0.717) is 32.2 Å². The summed E-state index contributed by atoms with van der Waals surface area (Å²) in [5.74, 6) is -1.57. The fourth-order valence-electron chi connectivity index (χ4n) is 3.55. The van der Waals surface area contributed by atoms with Crippen LogP contribution in [0.15, 0.2) is 18.2 Å². The van der Waals surface area contributed by atoms with Crippen LogP contribution >= 0.6 is 0 Å². The van der Waals surface area contributed by atoms with Crippen LogP contribution in [-0.2, 0) is 14.4 Å². The number of nitrogens with one attached hydrogen (secondary N) is 1. The normalized spacial score (nSPS) is 19.7. The number of anilines is 1. The number of hydrogen-bond acceptors (Lipinski definition) is 3. The molecule has 0 bridgehead atoms. The maximum absolute atomic E-state index is 12.7. The van der Waals surface area contributed by atoms with E-state index in [2.05, 4.69) is 5.32 Å². The highest BCUT2D eigenvalue weighted by molar-refractivity contribution is 5.96. The lowest BCUT2D eigenvalue weighted by atomic mass is 9.81. The number of carboxylic acid groups (broad SMARTS) is 1. The Hall–Kier alpha value is -2.37. The van der Waals surface area contributed by atoms with Gasteiger partial charge in [-0.2, -0.15) is 0 Å². The molecular weight excluding hydrogens is 332 g/mol. The van der Waals surface area contributed by atoms with Gasteiger partial charge in [0.05, 0.1) is 12.5 Å². The molecule has 0 heterocycles. The molecule has 0 spiro atoms. The van der Waals surface area contributed by atoms with Crippen molar-refractivity contribution in [2.75, 3.05) is 18.4 Å². The summed E-state index contributed by atoms with van der Waals surface area (Å²) < 4.78 is 0. The first-order chi connectivity index (χ1) is 12.3.